The normalized spacial score (nSPS) is 16.6. The molecule has 0 aromatic carbocycles. The number of nitrogens with one attached hydrogen (secondary N) is 1. The van der Waals surface area contributed by atoms with Crippen LogP contribution in [0.15, 0.2) is 12.1 Å². The zero-order valence-corrected chi connectivity index (χ0v) is 12.6. The Morgan fingerprint density at radius 2 is 2.00 bits per heavy atom. The monoisotopic (exact) mass is 261 g/mol. The van der Waals surface area contributed by atoms with Crippen LogP contribution < -0.4 is 10.2 Å². The highest BCUT2D eigenvalue weighted by Gasteiger charge is 2.19. The Morgan fingerprint density at radius 3 is 2.63 bits per heavy atom. The molecule has 0 amide bonds. The van der Waals surface area contributed by atoms with E-state index in [0.29, 0.717) is 6.04 Å². The average molecular weight is 261 g/mol. The highest BCUT2D eigenvalue weighted by Crippen LogP contribution is 2.25. The van der Waals surface area contributed by atoms with Crippen molar-refractivity contribution in [3.8, 4) is 0 Å². The summed E-state index contributed by atoms with van der Waals surface area (Å²) >= 11 is 0. The van der Waals surface area contributed by atoms with Crippen molar-refractivity contribution in [1.29, 1.82) is 0 Å². The maximum absolute atomic E-state index is 4.79. The van der Waals surface area contributed by atoms with E-state index in [0.717, 1.165) is 24.6 Å². The van der Waals surface area contributed by atoms with Gasteiger partial charge >= 0.3 is 0 Å². The van der Waals surface area contributed by atoms with Crippen LogP contribution in [0.1, 0.15) is 50.3 Å². The lowest BCUT2D eigenvalue weighted by molar-refractivity contribution is 0.426. The van der Waals surface area contributed by atoms with Crippen molar-refractivity contribution < 1.29 is 0 Å². The molecule has 3 heteroatoms. The number of pyridine rings is 1. The van der Waals surface area contributed by atoms with E-state index < -0.39 is 0 Å². The molecular formula is C16H27N3. The van der Waals surface area contributed by atoms with Crippen molar-refractivity contribution in [2.75, 3.05) is 18.5 Å². The molecule has 1 heterocycles. The van der Waals surface area contributed by atoms with E-state index >= 15 is 0 Å². The summed E-state index contributed by atoms with van der Waals surface area (Å²) < 4.78 is 0. The van der Waals surface area contributed by atoms with Gasteiger partial charge in [0.15, 0.2) is 0 Å². The Bertz CT molecular complexity index is 397. The van der Waals surface area contributed by atoms with Crippen LogP contribution in [0.2, 0.25) is 0 Å². The van der Waals surface area contributed by atoms with Crippen LogP contribution in [0, 0.1) is 6.92 Å². The molecule has 0 bridgehead atoms. The summed E-state index contributed by atoms with van der Waals surface area (Å²) in [4.78, 5) is 7.17. The van der Waals surface area contributed by atoms with Crippen LogP contribution in [-0.2, 0) is 6.54 Å². The van der Waals surface area contributed by atoms with Gasteiger partial charge in [-0.1, -0.05) is 32.3 Å². The van der Waals surface area contributed by atoms with Crippen molar-refractivity contribution in [2.24, 2.45) is 0 Å². The van der Waals surface area contributed by atoms with E-state index in [2.05, 4.69) is 43.2 Å². The number of rotatable bonds is 5. The SMILES string of the molecule is CCNCc1ccc(N(C)C2CCCCC2)nc1C. The number of hydrogen-bond acceptors (Lipinski definition) is 3. The van der Waals surface area contributed by atoms with Crippen LogP contribution in [0.25, 0.3) is 0 Å². The van der Waals surface area contributed by atoms with Crippen LogP contribution in [0.3, 0.4) is 0 Å². The van der Waals surface area contributed by atoms with Gasteiger partial charge in [-0.3, -0.25) is 0 Å². The summed E-state index contributed by atoms with van der Waals surface area (Å²) in [6.45, 7) is 6.17. The second-order valence-corrected chi connectivity index (χ2v) is 5.60. The highest BCUT2D eigenvalue weighted by molar-refractivity contribution is 5.42. The molecule has 106 valence electrons. The van der Waals surface area contributed by atoms with Gasteiger partial charge in [0.1, 0.15) is 5.82 Å². The van der Waals surface area contributed by atoms with Gasteiger partial charge in [-0.15, -0.1) is 0 Å². The lowest BCUT2D eigenvalue weighted by atomic mass is 9.94. The van der Waals surface area contributed by atoms with Gasteiger partial charge in [-0.25, -0.2) is 4.98 Å². The van der Waals surface area contributed by atoms with E-state index in [1.807, 2.05) is 0 Å². The fourth-order valence-corrected chi connectivity index (χ4v) is 2.87. The van der Waals surface area contributed by atoms with Crippen LogP contribution >= 0.6 is 0 Å². The maximum atomic E-state index is 4.79. The van der Waals surface area contributed by atoms with Gasteiger partial charge in [0.2, 0.25) is 0 Å². The zero-order chi connectivity index (χ0) is 13.7. The lowest BCUT2D eigenvalue weighted by Gasteiger charge is -2.32. The predicted octanol–water partition coefficient (Wildman–Crippen LogP) is 3.27. The first-order valence-corrected chi connectivity index (χ1v) is 7.62. The minimum atomic E-state index is 0.681. The summed E-state index contributed by atoms with van der Waals surface area (Å²) in [6.07, 6.45) is 6.77. The van der Waals surface area contributed by atoms with Crippen LogP contribution in [0.4, 0.5) is 5.82 Å². The second kappa shape index (κ2) is 6.90. The van der Waals surface area contributed by atoms with E-state index in [9.17, 15) is 0 Å². The molecule has 0 spiro atoms. The standard InChI is InChI=1S/C16H27N3/c1-4-17-12-14-10-11-16(18-13(14)2)19(3)15-8-6-5-7-9-15/h10-11,15,17H,4-9,12H2,1-3H3. The Kier molecular flexibility index (Phi) is 5.20. The smallest absolute Gasteiger partial charge is 0.128 e. The molecular weight excluding hydrogens is 234 g/mol. The third-order valence-corrected chi connectivity index (χ3v) is 4.23. The van der Waals surface area contributed by atoms with Crippen LogP contribution in [-0.4, -0.2) is 24.6 Å². The van der Waals surface area contributed by atoms with Crippen molar-refractivity contribution in [1.82, 2.24) is 10.3 Å². The molecule has 19 heavy (non-hydrogen) atoms. The summed E-state index contributed by atoms with van der Waals surface area (Å²) in [5.41, 5.74) is 2.46. The molecule has 3 nitrogen and oxygen atoms in total. The van der Waals surface area contributed by atoms with Gasteiger partial charge in [-0.05, 0) is 37.9 Å². The second-order valence-electron chi connectivity index (χ2n) is 5.60. The third kappa shape index (κ3) is 3.69. The fourth-order valence-electron chi connectivity index (χ4n) is 2.87. The average Bonchev–Trinajstić information content (AvgIpc) is 2.46. The first-order valence-electron chi connectivity index (χ1n) is 7.62. The van der Waals surface area contributed by atoms with E-state index in [1.54, 1.807) is 0 Å². The summed E-state index contributed by atoms with van der Waals surface area (Å²) in [5.74, 6) is 1.13. The van der Waals surface area contributed by atoms with Crippen LogP contribution in [0.5, 0.6) is 0 Å². The summed E-state index contributed by atoms with van der Waals surface area (Å²) in [6, 6.07) is 5.08. The van der Waals surface area contributed by atoms with Gasteiger partial charge in [-0.2, -0.15) is 0 Å². The minimum Gasteiger partial charge on any atom is -0.357 e. The molecule has 1 fully saturated rings. The predicted molar refractivity (Wildman–Crippen MR) is 81.6 cm³/mol. The Morgan fingerprint density at radius 1 is 1.26 bits per heavy atom. The molecule has 1 aromatic rings. The zero-order valence-electron chi connectivity index (χ0n) is 12.6. The molecule has 0 radical (unpaired) electrons. The van der Waals surface area contributed by atoms with Crippen molar-refractivity contribution in [2.45, 2.75) is 58.5 Å². The maximum Gasteiger partial charge on any atom is 0.128 e. The Balaban J connectivity index is 2.05. The molecule has 0 aliphatic heterocycles. The molecule has 1 N–H and O–H groups in total. The number of aryl methyl sites for hydroxylation is 1. The third-order valence-electron chi connectivity index (χ3n) is 4.23. The summed E-state index contributed by atoms with van der Waals surface area (Å²) in [5, 5.41) is 3.36. The fraction of sp³-hybridized carbons (Fsp3) is 0.688. The first-order chi connectivity index (χ1) is 9.22. The minimum absolute atomic E-state index is 0.681. The van der Waals surface area contributed by atoms with Gasteiger partial charge in [0.05, 0.1) is 0 Å². The molecule has 1 saturated carbocycles. The van der Waals surface area contributed by atoms with E-state index in [1.165, 1.54) is 37.7 Å². The van der Waals surface area contributed by atoms with E-state index in [-0.39, 0.29) is 0 Å². The molecule has 1 aromatic heterocycles. The Hall–Kier alpha value is -1.09. The molecule has 1 aliphatic rings. The molecule has 1 aliphatic carbocycles. The number of anilines is 1. The molecule has 0 atom stereocenters. The topological polar surface area (TPSA) is 28.2 Å². The van der Waals surface area contributed by atoms with Gasteiger partial charge in [0.25, 0.3) is 0 Å². The van der Waals surface area contributed by atoms with Crippen molar-refractivity contribution in [3.05, 3.63) is 23.4 Å². The largest absolute Gasteiger partial charge is 0.357 e. The molecule has 0 saturated heterocycles. The van der Waals surface area contributed by atoms with Gasteiger partial charge in [0, 0.05) is 25.3 Å². The number of aromatic nitrogens is 1. The quantitative estimate of drug-likeness (QED) is 0.881. The lowest BCUT2D eigenvalue weighted by Crippen LogP contribution is -2.34. The highest BCUT2D eigenvalue weighted by atomic mass is 15.2. The Labute approximate surface area is 117 Å². The molecule has 0 unspecified atom stereocenters. The number of hydrogen-bond donors (Lipinski definition) is 1. The molecule has 2 rings (SSSR count). The van der Waals surface area contributed by atoms with Crippen molar-refractivity contribution in [3.63, 3.8) is 0 Å². The van der Waals surface area contributed by atoms with E-state index in [4.69, 9.17) is 4.98 Å². The number of nitrogens with zero attached hydrogens (tertiary/aromatic N) is 2. The summed E-state index contributed by atoms with van der Waals surface area (Å²) in [7, 11) is 2.20. The first kappa shape index (κ1) is 14.3. The van der Waals surface area contributed by atoms with Crippen molar-refractivity contribution >= 4 is 5.82 Å². The van der Waals surface area contributed by atoms with Gasteiger partial charge < -0.3 is 10.2 Å².